The van der Waals surface area contributed by atoms with Crippen LogP contribution in [0, 0.1) is 0 Å². The Balaban J connectivity index is 1.63. The number of hydrogen-bond acceptors (Lipinski definition) is 4. The van der Waals surface area contributed by atoms with Crippen molar-refractivity contribution in [2.24, 2.45) is 7.05 Å². The third kappa shape index (κ3) is 3.95. The van der Waals surface area contributed by atoms with Gasteiger partial charge in [0.2, 0.25) is 10.0 Å². The van der Waals surface area contributed by atoms with Gasteiger partial charge >= 0.3 is 0 Å². The van der Waals surface area contributed by atoms with Crippen LogP contribution in [0.15, 0.2) is 58.6 Å². The summed E-state index contributed by atoms with van der Waals surface area (Å²) in [7, 11) is -1.73. The Bertz CT molecular complexity index is 1070. The highest BCUT2D eigenvalue weighted by Crippen LogP contribution is 2.27. The second-order valence-electron chi connectivity index (χ2n) is 6.95. The Kier molecular flexibility index (Phi) is 5.19. The second-order valence-corrected chi connectivity index (χ2v) is 8.77. The van der Waals surface area contributed by atoms with E-state index in [9.17, 15) is 8.42 Å². The summed E-state index contributed by atoms with van der Waals surface area (Å²) in [5.74, 6) is 0.601. The average molecular weight is 398 g/mol. The molecule has 0 fully saturated rings. The van der Waals surface area contributed by atoms with Gasteiger partial charge in [-0.25, -0.2) is 8.42 Å². The van der Waals surface area contributed by atoms with Crippen molar-refractivity contribution in [1.29, 1.82) is 0 Å². The van der Waals surface area contributed by atoms with E-state index in [0.717, 1.165) is 30.5 Å². The molecular formula is C21H23N3O3S. The molecule has 3 aromatic rings. The summed E-state index contributed by atoms with van der Waals surface area (Å²) < 4.78 is 34.9. The van der Waals surface area contributed by atoms with Gasteiger partial charge in [-0.15, -0.1) is 0 Å². The highest BCUT2D eigenvalue weighted by molar-refractivity contribution is 7.92. The number of hydrogen-bond donors (Lipinski definition) is 0. The topological polar surface area (TPSA) is 68.3 Å². The van der Waals surface area contributed by atoms with E-state index in [1.807, 2.05) is 42.1 Å². The zero-order valence-corrected chi connectivity index (χ0v) is 16.6. The molecule has 0 spiro atoms. The van der Waals surface area contributed by atoms with Crippen LogP contribution in [0.1, 0.15) is 34.7 Å². The van der Waals surface area contributed by atoms with Crippen molar-refractivity contribution in [1.82, 2.24) is 14.1 Å². The molecule has 0 aliphatic heterocycles. The van der Waals surface area contributed by atoms with E-state index < -0.39 is 10.0 Å². The third-order valence-corrected chi connectivity index (χ3v) is 6.49. The Morgan fingerprint density at radius 3 is 2.71 bits per heavy atom. The van der Waals surface area contributed by atoms with Crippen molar-refractivity contribution >= 4 is 16.1 Å². The Hall–Kier alpha value is -2.64. The lowest BCUT2D eigenvalue weighted by atomic mass is 10.2. The second kappa shape index (κ2) is 7.77. The molecule has 0 saturated carbocycles. The smallest absolute Gasteiger partial charge is 0.237 e. The zero-order chi connectivity index (χ0) is 19.6. The van der Waals surface area contributed by atoms with E-state index in [1.54, 1.807) is 24.5 Å². The predicted octanol–water partition coefficient (Wildman–Crippen LogP) is 3.50. The van der Waals surface area contributed by atoms with E-state index in [-0.39, 0.29) is 13.1 Å². The first-order chi connectivity index (χ1) is 13.5. The summed E-state index contributed by atoms with van der Waals surface area (Å²) in [6, 6.07) is 12.9. The maximum absolute atomic E-state index is 13.1. The van der Waals surface area contributed by atoms with Crippen molar-refractivity contribution in [2.45, 2.75) is 32.4 Å². The molecule has 2 aromatic heterocycles. The van der Waals surface area contributed by atoms with Crippen LogP contribution in [0.25, 0.3) is 6.08 Å². The molecule has 0 bridgehead atoms. The Labute approximate surface area is 165 Å². The summed E-state index contributed by atoms with van der Waals surface area (Å²) >= 11 is 0. The molecular weight excluding hydrogens is 374 g/mol. The van der Waals surface area contributed by atoms with Gasteiger partial charge < -0.3 is 4.42 Å². The van der Waals surface area contributed by atoms with Crippen LogP contribution in [0.3, 0.4) is 0 Å². The number of sulfonamides is 1. The number of aromatic nitrogens is 2. The van der Waals surface area contributed by atoms with Gasteiger partial charge in [0.05, 0.1) is 25.0 Å². The average Bonchev–Trinajstić information content (AvgIpc) is 3.42. The molecule has 2 heterocycles. The van der Waals surface area contributed by atoms with Crippen molar-refractivity contribution in [2.75, 3.05) is 0 Å². The summed E-state index contributed by atoms with van der Waals surface area (Å²) in [5, 5.41) is 5.85. The molecule has 0 saturated heterocycles. The van der Waals surface area contributed by atoms with Gasteiger partial charge in [0.25, 0.3) is 0 Å². The highest BCUT2D eigenvalue weighted by Gasteiger charge is 2.27. The van der Waals surface area contributed by atoms with Gasteiger partial charge in [-0.05, 0) is 48.6 Å². The maximum Gasteiger partial charge on any atom is 0.237 e. The summed E-state index contributed by atoms with van der Waals surface area (Å²) in [5.41, 5.74) is 4.07. The monoisotopic (exact) mass is 397 g/mol. The minimum Gasteiger partial charge on any atom is -0.468 e. The summed E-state index contributed by atoms with van der Waals surface area (Å²) in [6.45, 7) is 0.394. The lowest BCUT2D eigenvalue weighted by molar-refractivity contribution is 0.358. The van der Waals surface area contributed by atoms with Crippen molar-refractivity contribution in [3.05, 3.63) is 82.4 Å². The lowest BCUT2D eigenvalue weighted by Gasteiger charge is -2.19. The molecule has 4 rings (SSSR count). The molecule has 1 aliphatic rings. The number of benzene rings is 1. The van der Waals surface area contributed by atoms with Crippen LogP contribution >= 0.6 is 0 Å². The number of furan rings is 1. The fourth-order valence-electron chi connectivity index (χ4n) is 3.62. The van der Waals surface area contributed by atoms with Crippen LogP contribution in [-0.2, 0) is 43.0 Å². The fraction of sp³-hybridized carbons (Fsp3) is 0.286. The van der Waals surface area contributed by atoms with Gasteiger partial charge in [-0.3, -0.25) is 4.68 Å². The van der Waals surface area contributed by atoms with E-state index in [1.165, 1.54) is 21.0 Å². The Morgan fingerprint density at radius 1 is 1.14 bits per heavy atom. The molecule has 1 aliphatic carbocycles. The van der Waals surface area contributed by atoms with Crippen LogP contribution < -0.4 is 0 Å². The minimum absolute atomic E-state index is 0.166. The van der Waals surface area contributed by atoms with Gasteiger partial charge in [-0.1, -0.05) is 30.3 Å². The van der Waals surface area contributed by atoms with Gasteiger partial charge in [0, 0.05) is 18.1 Å². The van der Waals surface area contributed by atoms with Gasteiger partial charge in [-0.2, -0.15) is 9.40 Å². The third-order valence-electron chi connectivity index (χ3n) is 5.03. The molecule has 146 valence electrons. The fourth-order valence-corrected chi connectivity index (χ4v) is 4.73. The van der Waals surface area contributed by atoms with E-state index in [4.69, 9.17) is 4.42 Å². The van der Waals surface area contributed by atoms with Crippen LogP contribution in [0.5, 0.6) is 0 Å². The van der Waals surface area contributed by atoms with Gasteiger partial charge in [0.15, 0.2) is 0 Å². The number of nitrogens with zero attached hydrogens (tertiary/aromatic N) is 3. The maximum atomic E-state index is 13.1. The summed E-state index contributed by atoms with van der Waals surface area (Å²) in [6.07, 6.45) is 6.21. The van der Waals surface area contributed by atoms with E-state index in [2.05, 4.69) is 5.10 Å². The Morgan fingerprint density at radius 2 is 1.96 bits per heavy atom. The molecule has 7 heteroatoms. The number of rotatable bonds is 7. The quantitative estimate of drug-likeness (QED) is 0.612. The van der Waals surface area contributed by atoms with Crippen LogP contribution in [0.4, 0.5) is 0 Å². The molecule has 0 unspecified atom stereocenters. The van der Waals surface area contributed by atoms with Crippen LogP contribution in [-0.4, -0.2) is 22.5 Å². The van der Waals surface area contributed by atoms with E-state index in [0.29, 0.717) is 5.76 Å². The molecule has 6 nitrogen and oxygen atoms in total. The normalized spacial score (nSPS) is 14.2. The standard InChI is InChI=1S/C21H23N3O3S/c1-23-21-11-5-10-19(21)20(22-23)16-24(15-18-9-6-13-27-18)28(25,26)14-12-17-7-3-2-4-8-17/h2-4,6-9,12-14H,5,10-11,15-16H2,1H3/b14-12+. The number of aryl methyl sites for hydroxylation is 1. The lowest BCUT2D eigenvalue weighted by Crippen LogP contribution is -2.29. The highest BCUT2D eigenvalue weighted by atomic mass is 32.2. The molecule has 0 N–H and O–H groups in total. The largest absolute Gasteiger partial charge is 0.468 e. The van der Waals surface area contributed by atoms with Gasteiger partial charge in [0.1, 0.15) is 5.76 Å². The number of fused-ring (bicyclic) bond motifs is 1. The van der Waals surface area contributed by atoms with Crippen molar-refractivity contribution in [3.63, 3.8) is 0 Å². The zero-order valence-electron chi connectivity index (χ0n) is 15.8. The molecule has 0 atom stereocenters. The molecule has 28 heavy (non-hydrogen) atoms. The van der Waals surface area contributed by atoms with Crippen LogP contribution in [0.2, 0.25) is 0 Å². The first-order valence-corrected chi connectivity index (χ1v) is 10.8. The molecule has 0 amide bonds. The molecule has 1 aromatic carbocycles. The minimum atomic E-state index is -3.66. The molecule has 0 radical (unpaired) electrons. The van der Waals surface area contributed by atoms with Crippen molar-refractivity contribution in [3.8, 4) is 0 Å². The van der Waals surface area contributed by atoms with E-state index >= 15 is 0 Å². The van der Waals surface area contributed by atoms with Crippen molar-refractivity contribution < 1.29 is 12.8 Å². The SMILES string of the molecule is Cn1nc(CN(Cc2ccco2)S(=O)(=O)/C=C/c2ccccc2)c2c1CCC2. The first-order valence-electron chi connectivity index (χ1n) is 9.32. The predicted molar refractivity (Wildman–Crippen MR) is 108 cm³/mol. The first kappa shape index (κ1) is 18.7. The summed E-state index contributed by atoms with van der Waals surface area (Å²) in [4.78, 5) is 0.